The third kappa shape index (κ3) is 3.36. The van der Waals surface area contributed by atoms with E-state index in [1.165, 1.54) is 22.9 Å². The zero-order chi connectivity index (χ0) is 17.2. The molecule has 0 amide bonds. The van der Waals surface area contributed by atoms with Crippen molar-refractivity contribution in [2.75, 3.05) is 4.72 Å². The maximum absolute atomic E-state index is 12.3. The molecule has 3 rings (SSSR count). The number of nitrogens with one attached hydrogen (secondary N) is 1. The summed E-state index contributed by atoms with van der Waals surface area (Å²) in [7, 11) is -2.04. The Morgan fingerprint density at radius 3 is 2.21 bits per heavy atom. The number of hydrogen-bond donors (Lipinski definition) is 1. The van der Waals surface area contributed by atoms with Crippen molar-refractivity contribution in [3.63, 3.8) is 0 Å². The number of nitrogens with zero attached hydrogens (tertiary/aromatic N) is 2. The molecular weight excluding hydrogens is 326 g/mol. The second-order valence-electron chi connectivity index (χ2n) is 5.18. The van der Waals surface area contributed by atoms with Gasteiger partial charge in [0.25, 0.3) is 15.6 Å². The number of hydrogen-bond acceptors (Lipinski definition) is 4. The molecule has 7 heteroatoms. The van der Waals surface area contributed by atoms with E-state index in [1.54, 1.807) is 55.6 Å². The number of anilines is 1. The first-order valence-corrected chi connectivity index (χ1v) is 8.67. The van der Waals surface area contributed by atoms with Crippen LogP contribution in [0.25, 0.3) is 11.3 Å². The molecule has 0 fully saturated rings. The fourth-order valence-electron chi connectivity index (χ4n) is 2.18. The minimum atomic E-state index is -3.61. The summed E-state index contributed by atoms with van der Waals surface area (Å²) in [5, 5.41) is 4.16. The van der Waals surface area contributed by atoms with Crippen LogP contribution in [0.4, 0.5) is 5.69 Å². The standard InChI is InChI=1S/C17H15N3O3S/c1-20-17(21)12-11-16(18-20)13-7-9-14(10-8-13)19-24(22,23)15-5-3-2-4-6-15/h2-12,19H,1H3. The molecule has 1 heterocycles. The molecule has 2 aromatic carbocycles. The van der Waals surface area contributed by atoms with Gasteiger partial charge < -0.3 is 0 Å². The average Bonchev–Trinajstić information content (AvgIpc) is 2.59. The molecule has 24 heavy (non-hydrogen) atoms. The van der Waals surface area contributed by atoms with Crippen molar-refractivity contribution in [2.24, 2.45) is 7.05 Å². The Morgan fingerprint density at radius 2 is 1.58 bits per heavy atom. The number of aromatic nitrogens is 2. The first kappa shape index (κ1) is 15.9. The molecule has 0 bridgehead atoms. The second kappa shape index (κ2) is 6.29. The van der Waals surface area contributed by atoms with Crippen LogP contribution in [0, 0.1) is 0 Å². The molecule has 0 atom stereocenters. The SMILES string of the molecule is Cn1nc(-c2ccc(NS(=O)(=O)c3ccccc3)cc2)ccc1=O. The van der Waals surface area contributed by atoms with Gasteiger partial charge in [-0.15, -0.1) is 0 Å². The molecule has 0 saturated heterocycles. The second-order valence-corrected chi connectivity index (χ2v) is 6.86. The normalized spacial score (nSPS) is 11.2. The summed E-state index contributed by atoms with van der Waals surface area (Å²) >= 11 is 0. The molecule has 0 aliphatic heterocycles. The summed E-state index contributed by atoms with van der Waals surface area (Å²) in [6, 6.07) is 18.0. The van der Waals surface area contributed by atoms with Crippen molar-refractivity contribution in [2.45, 2.75) is 4.90 Å². The van der Waals surface area contributed by atoms with Crippen LogP contribution in [0.2, 0.25) is 0 Å². The number of benzene rings is 2. The van der Waals surface area contributed by atoms with Crippen LogP contribution in [-0.4, -0.2) is 18.2 Å². The van der Waals surface area contributed by atoms with Crippen molar-refractivity contribution >= 4 is 15.7 Å². The molecule has 0 aliphatic rings. The Kier molecular flexibility index (Phi) is 4.18. The van der Waals surface area contributed by atoms with Crippen molar-refractivity contribution in [3.8, 4) is 11.3 Å². The molecule has 0 saturated carbocycles. The molecule has 0 radical (unpaired) electrons. The fraction of sp³-hybridized carbons (Fsp3) is 0.0588. The minimum Gasteiger partial charge on any atom is -0.280 e. The van der Waals surface area contributed by atoms with Crippen LogP contribution < -0.4 is 10.3 Å². The molecule has 0 aliphatic carbocycles. The van der Waals surface area contributed by atoms with E-state index in [4.69, 9.17) is 0 Å². The summed E-state index contributed by atoms with van der Waals surface area (Å²) in [6.07, 6.45) is 0. The average molecular weight is 341 g/mol. The quantitative estimate of drug-likeness (QED) is 0.789. The molecule has 3 aromatic rings. The molecule has 122 valence electrons. The van der Waals surface area contributed by atoms with E-state index in [0.29, 0.717) is 11.4 Å². The van der Waals surface area contributed by atoms with Crippen LogP contribution >= 0.6 is 0 Å². The lowest BCUT2D eigenvalue weighted by molar-refractivity contribution is 0.601. The lowest BCUT2D eigenvalue weighted by Crippen LogP contribution is -2.18. The molecule has 0 spiro atoms. The van der Waals surface area contributed by atoms with Crippen LogP contribution in [-0.2, 0) is 17.1 Å². The summed E-state index contributed by atoms with van der Waals surface area (Å²) < 4.78 is 28.3. The van der Waals surface area contributed by atoms with Crippen molar-refractivity contribution in [1.82, 2.24) is 9.78 Å². The van der Waals surface area contributed by atoms with Gasteiger partial charge in [0.15, 0.2) is 0 Å². The first-order valence-electron chi connectivity index (χ1n) is 7.18. The van der Waals surface area contributed by atoms with Crippen LogP contribution in [0.1, 0.15) is 0 Å². The molecular formula is C17H15N3O3S. The highest BCUT2D eigenvalue weighted by molar-refractivity contribution is 7.92. The van der Waals surface area contributed by atoms with Gasteiger partial charge in [-0.2, -0.15) is 5.10 Å². The Morgan fingerprint density at radius 1 is 0.917 bits per heavy atom. The number of sulfonamides is 1. The number of aryl methyl sites for hydroxylation is 1. The van der Waals surface area contributed by atoms with Gasteiger partial charge in [0.1, 0.15) is 0 Å². The summed E-state index contributed by atoms with van der Waals surface area (Å²) in [4.78, 5) is 11.6. The maximum Gasteiger partial charge on any atom is 0.266 e. The van der Waals surface area contributed by atoms with E-state index < -0.39 is 10.0 Å². The van der Waals surface area contributed by atoms with E-state index in [2.05, 4.69) is 9.82 Å². The third-order valence-electron chi connectivity index (χ3n) is 3.45. The van der Waals surface area contributed by atoms with E-state index in [1.807, 2.05) is 0 Å². The maximum atomic E-state index is 12.3. The molecule has 1 aromatic heterocycles. The Bertz CT molecular complexity index is 1010. The highest BCUT2D eigenvalue weighted by Gasteiger charge is 2.13. The lowest BCUT2D eigenvalue weighted by Gasteiger charge is -2.09. The highest BCUT2D eigenvalue weighted by Crippen LogP contribution is 2.20. The van der Waals surface area contributed by atoms with Gasteiger partial charge in [-0.25, -0.2) is 13.1 Å². The summed E-state index contributed by atoms with van der Waals surface area (Å²) in [5.41, 5.74) is 1.68. The molecule has 1 N–H and O–H groups in total. The van der Waals surface area contributed by atoms with Crippen LogP contribution in [0.5, 0.6) is 0 Å². The summed E-state index contributed by atoms with van der Waals surface area (Å²) in [6.45, 7) is 0. The smallest absolute Gasteiger partial charge is 0.266 e. The highest BCUT2D eigenvalue weighted by atomic mass is 32.2. The topological polar surface area (TPSA) is 81.1 Å². The van der Waals surface area contributed by atoms with Gasteiger partial charge in [0.05, 0.1) is 10.6 Å². The van der Waals surface area contributed by atoms with Crippen molar-refractivity contribution < 1.29 is 8.42 Å². The Balaban J connectivity index is 1.85. The zero-order valence-corrected chi connectivity index (χ0v) is 13.7. The van der Waals surface area contributed by atoms with Crippen LogP contribution in [0.3, 0.4) is 0 Å². The van der Waals surface area contributed by atoms with Gasteiger partial charge >= 0.3 is 0 Å². The van der Waals surface area contributed by atoms with Gasteiger partial charge in [0, 0.05) is 24.4 Å². The van der Waals surface area contributed by atoms with Crippen molar-refractivity contribution in [3.05, 3.63) is 77.1 Å². The summed E-state index contributed by atoms with van der Waals surface area (Å²) in [5.74, 6) is 0. The predicted molar refractivity (Wildman–Crippen MR) is 92.2 cm³/mol. The number of rotatable bonds is 4. The van der Waals surface area contributed by atoms with Gasteiger partial charge in [-0.05, 0) is 30.3 Å². The largest absolute Gasteiger partial charge is 0.280 e. The van der Waals surface area contributed by atoms with E-state index in [-0.39, 0.29) is 10.5 Å². The van der Waals surface area contributed by atoms with E-state index in [9.17, 15) is 13.2 Å². The molecule has 6 nitrogen and oxygen atoms in total. The van der Waals surface area contributed by atoms with E-state index >= 15 is 0 Å². The Labute approximate surface area is 139 Å². The van der Waals surface area contributed by atoms with E-state index in [0.717, 1.165) is 5.56 Å². The zero-order valence-electron chi connectivity index (χ0n) is 12.9. The third-order valence-corrected chi connectivity index (χ3v) is 4.84. The monoisotopic (exact) mass is 341 g/mol. The van der Waals surface area contributed by atoms with Gasteiger partial charge in [0.2, 0.25) is 0 Å². The lowest BCUT2D eigenvalue weighted by atomic mass is 10.1. The van der Waals surface area contributed by atoms with Gasteiger partial charge in [-0.1, -0.05) is 30.3 Å². The van der Waals surface area contributed by atoms with Crippen molar-refractivity contribution in [1.29, 1.82) is 0 Å². The fourth-order valence-corrected chi connectivity index (χ4v) is 3.26. The Hall–Kier alpha value is -2.93. The predicted octanol–water partition coefficient (Wildman–Crippen LogP) is 2.25. The minimum absolute atomic E-state index is 0.189. The van der Waals surface area contributed by atoms with Gasteiger partial charge in [-0.3, -0.25) is 9.52 Å². The van der Waals surface area contributed by atoms with Crippen LogP contribution in [0.15, 0.2) is 76.4 Å². The first-order chi connectivity index (χ1) is 11.5. The molecule has 0 unspecified atom stereocenters.